The fraction of sp³-hybridized carbons (Fsp3) is 0.261. The monoisotopic (exact) mass is 430 g/mol. The first-order chi connectivity index (χ1) is 15.8. The van der Waals surface area contributed by atoms with Crippen LogP contribution in [0.15, 0.2) is 69.7 Å². The van der Waals surface area contributed by atoms with Crippen LogP contribution < -0.4 is 5.32 Å². The van der Waals surface area contributed by atoms with Crippen molar-refractivity contribution in [2.45, 2.75) is 25.3 Å². The minimum absolute atomic E-state index is 0.147. The largest absolute Gasteiger partial charge is 0.339 e. The molecule has 0 atom stereocenters. The molecule has 1 N–H and O–H groups in total. The summed E-state index contributed by atoms with van der Waals surface area (Å²) >= 11 is 0. The van der Waals surface area contributed by atoms with Gasteiger partial charge in [0.15, 0.2) is 0 Å². The number of benzene rings is 2. The van der Waals surface area contributed by atoms with Crippen LogP contribution in [0.4, 0.5) is 4.79 Å². The summed E-state index contributed by atoms with van der Waals surface area (Å²) in [7, 11) is 0. The third-order valence-electron chi connectivity index (χ3n) is 5.50. The average Bonchev–Trinajstić information content (AvgIpc) is 3.54. The van der Waals surface area contributed by atoms with Gasteiger partial charge in [0.1, 0.15) is 0 Å². The zero-order valence-corrected chi connectivity index (χ0v) is 17.3. The van der Waals surface area contributed by atoms with E-state index in [1.165, 1.54) is 0 Å². The highest BCUT2D eigenvalue weighted by molar-refractivity contribution is 5.74. The van der Waals surface area contributed by atoms with E-state index >= 15 is 0 Å². The summed E-state index contributed by atoms with van der Waals surface area (Å²) in [4.78, 5) is 23.2. The summed E-state index contributed by atoms with van der Waals surface area (Å²) in [5, 5.41) is 10.9. The quantitative estimate of drug-likeness (QED) is 0.512. The third-order valence-corrected chi connectivity index (χ3v) is 5.50. The molecule has 9 heteroatoms. The number of aromatic nitrogens is 4. The van der Waals surface area contributed by atoms with Crippen molar-refractivity contribution in [3.8, 4) is 22.8 Å². The SMILES string of the molecule is O=C(NCc1nc(-c2ccccc2)no1)N1CCC(c2nc(-c3ccccc3)no2)CC1. The molecule has 0 bridgehead atoms. The molecule has 2 aromatic carbocycles. The van der Waals surface area contributed by atoms with E-state index in [-0.39, 0.29) is 18.5 Å². The molecular formula is C23H22N6O3. The average molecular weight is 430 g/mol. The van der Waals surface area contributed by atoms with Crippen LogP contribution >= 0.6 is 0 Å². The molecule has 0 spiro atoms. The van der Waals surface area contributed by atoms with Gasteiger partial charge < -0.3 is 19.3 Å². The Morgan fingerprint density at radius 1 is 0.875 bits per heavy atom. The Balaban J connectivity index is 1.12. The summed E-state index contributed by atoms with van der Waals surface area (Å²) in [5.41, 5.74) is 1.79. The van der Waals surface area contributed by atoms with Crippen LogP contribution in [0.5, 0.6) is 0 Å². The molecule has 3 heterocycles. The Morgan fingerprint density at radius 2 is 1.47 bits per heavy atom. The zero-order valence-electron chi connectivity index (χ0n) is 17.3. The van der Waals surface area contributed by atoms with Gasteiger partial charge >= 0.3 is 6.03 Å². The number of piperidine rings is 1. The number of amides is 2. The van der Waals surface area contributed by atoms with Gasteiger partial charge in [-0.05, 0) is 12.8 Å². The van der Waals surface area contributed by atoms with Gasteiger partial charge in [0.25, 0.3) is 0 Å². The molecule has 5 rings (SSSR count). The molecule has 2 aromatic heterocycles. The van der Waals surface area contributed by atoms with Crippen LogP contribution in [0.1, 0.15) is 30.5 Å². The maximum Gasteiger partial charge on any atom is 0.317 e. The highest BCUT2D eigenvalue weighted by atomic mass is 16.5. The molecule has 162 valence electrons. The summed E-state index contributed by atoms with van der Waals surface area (Å²) in [5.74, 6) is 2.24. The lowest BCUT2D eigenvalue weighted by molar-refractivity contribution is 0.173. The molecule has 2 amide bonds. The van der Waals surface area contributed by atoms with Gasteiger partial charge in [0.05, 0.1) is 6.54 Å². The minimum atomic E-state index is -0.154. The number of nitrogens with one attached hydrogen (secondary N) is 1. The summed E-state index contributed by atoms with van der Waals surface area (Å²) in [6.45, 7) is 1.40. The van der Waals surface area contributed by atoms with Crippen molar-refractivity contribution in [3.05, 3.63) is 72.4 Å². The number of hydrogen-bond acceptors (Lipinski definition) is 7. The zero-order chi connectivity index (χ0) is 21.8. The molecule has 1 fully saturated rings. The topological polar surface area (TPSA) is 110 Å². The molecule has 9 nitrogen and oxygen atoms in total. The van der Waals surface area contributed by atoms with E-state index in [1.807, 2.05) is 60.7 Å². The molecule has 0 unspecified atom stereocenters. The van der Waals surface area contributed by atoms with Gasteiger partial charge in [0.2, 0.25) is 23.4 Å². The van der Waals surface area contributed by atoms with E-state index in [1.54, 1.807) is 4.90 Å². The highest BCUT2D eigenvalue weighted by Gasteiger charge is 2.27. The number of nitrogens with zero attached hydrogens (tertiary/aromatic N) is 5. The lowest BCUT2D eigenvalue weighted by Gasteiger charge is -2.30. The molecule has 32 heavy (non-hydrogen) atoms. The van der Waals surface area contributed by atoms with Crippen molar-refractivity contribution in [1.29, 1.82) is 0 Å². The van der Waals surface area contributed by atoms with Gasteiger partial charge in [0, 0.05) is 30.1 Å². The first-order valence-corrected chi connectivity index (χ1v) is 10.6. The van der Waals surface area contributed by atoms with E-state index in [4.69, 9.17) is 9.05 Å². The molecular weight excluding hydrogens is 408 g/mol. The highest BCUT2D eigenvalue weighted by Crippen LogP contribution is 2.28. The van der Waals surface area contributed by atoms with E-state index in [0.29, 0.717) is 36.5 Å². The first kappa shape index (κ1) is 19.9. The normalized spacial score (nSPS) is 14.4. The number of likely N-dealkylation sites (tertiary alicyclic amines) is 1. The second-order valence-corrected chi connectivity index (χ2v) is 7.62. The van der Waals surface area contributed by atoms with Crippen LogP contribution in [0.2, 0.25) is 0 Å². The Kier molecular flexibility index (Phi) is 5.61. The Labute approximate surface area is 184 Å². The fourth-order valence-electron chi connectivity index (χ4n) is 3.73. The smallest absolute Gasteiger partial charge is 0.317 e. The van der Waals surface area contributed by atoms with Gasteiger partial charge in [-0.15, -0.1) is 0 Å². The summed E-state index contributed by atoms with van der Waals surface area (Å²) in [6.07, 6.45) is 1.53. The molecule has 0 radical (unpaired) electrons. The standard InChI is InChI=1S/C23H22N6O3/c30-23(24-15-19-25-20(27-31-19)16-7-3-1-4-8-16)29-13-11-18(12-14-29)22-26-21(28-32-22)17-9-5-2-6-10-17/h1-10,18H,11-15H2,(H,24,30). The van der Waals surface area contributed by atoms with Gasteiger partial charge in [-0.25, -0.2) is 4.79 Å². The molecule has 4 aromatic rings. The predicted octanol–water partition coefficient (Wildman–Crippen LogP) is 3.88. The molecule has 0 saturated carbocycles. The fourth-order valence-corrected chi connectivity index (χ4v) is 3.73. The van der Waals surface area contributed by atoms with Crippen LogP contribution in [0.3, 0.4) is 0 Å². The van der Waals surface area contributed by atoms with Crippen molar-refractivity contribution < 1.29 is 13.8 Å². The van der Waals surface area contributed by atoms with E-state index in [2.05, 4.69) is 25.6 Å². The van der Waals surface area contributed by atoms with Crippen LogP contribution in [0, 0.1) is 0 Å². The number of urea groups is 1. The Bertz CT molecular complexity index is 1170. The third kappa shape index (κ3) is 4.36. The lowest BCUT2D eigenvalue weighted by atomic mass is 9.97. The number of carbonyl (C=O) groups excluding carboxylic acids is 1. The predicted molar refractivity (Wildman–Crippen MR) is 115 cm³/mol. The lowest BCUT2D eigenvalue weighted by Crippen LogP contribution is -2.43. The van der Waals surface area contributed by atoms with Crippen molar-refractivity contribution in [3.63, 3.8) is 0 Å². The summed E-state index contributed by atoms with van der Waals surface area (Å²) in [6, 6.07) is 19.1. The second-order valence-electron chi connectivity index (χ2n) is 7.62. The minimum Gasteiger partial charge on any atom is -0.339 e. The van der Waals surface area contributed by atoms with E-state index < -0.39 is 0 Å². The van der Waals surface area contributed by atoms with Gasteiger partial charge in [-0.2, -0.15) is 9.97 Å². The van der Waals surface area contributed by atoms with Crippen molar-refractivity contribution in [1.82, 2.24) is 30.5 Å². The summed E-state index contributed by atoms with van der Waals surface area (Å²) < 4.78 is 10.7. The molecule has 1 aliphatic heterocycles. The van der Waals surface area contributed by atoms with Crippen LogP contribution in [-0.2, 0) is 6.54 Å². The number of hydrogen-bond donors (Lipinski definition) is 1. The van der Waals surface area contributed by atoms with E-state index in [0.717, 1.165) is 24.0 Å². The van der Waals surface area contributed by atoms with Crippen LogP contribution in [0.25, 0.3) is 22.8 Å². The van der Waals surface area contributed by atoms with Gasteiger partial charge in [-0.3, -0.25) is 0 Å². The van der Waals surface area contributed by atoms with Crippen LogP contribution in [-0.4, -0.2) is 44.3 Å². The number of rotatable bonds is 5. The second kappa shape index (κ2) is 9.01. The van der Waals surface area contributed by atoms with Crippen molar-refractivity contribution >= 4 is 6.03 Å². The van der Waals surface area contributed by atoms with Gasteiger partial charge in [-0.1, -0.05) is 71.0 Å². The maximum atomic E-state index is 12.6. The number of carbonyl (C=O) groups is 1. The van der Waals surface area contributed by atoms with Crippen molar-refractivity contribution in [2.75, 3.05) is 13.1 Å². The maximum absolute atomic E-state index is 12.6. The molecule has 1 saturated heterocycles. The molecule has 1 aliphatic rings. The first-order valence-electron chi connectivity index (χ1n) is 10.6. The van der Waals surface area contributed by atoms with Crippen molar-refractivity contribution in [2.24, 2.45) is 0 Å². The van der Waals surface area contributed by atoms with E-state index in [9.17, 15) is 4.79 Å². The Morgan fingerprint density at radius 3 is 2.12 bits per heavy atom. The molecule has 0 aliphatic carbocycles. The Hall–Kier alpha value is -4.01.